The highest BCUT2D eigenvalue weighted by Crippen LogP contribution is 2.05. The van der Waals surface area contributed by atoms with Crippen molar-refractivity contribution < 1.29 is 0 Å². The zero-order chi connectivity index (χ0) is 12.0. The number of aromatic nitrogens is 2. The molecule has 0 aliphatic heterocycles. The second kappa shape index (κ2) is 6.52. The van der Waals surface area contributed by atoms with E-state index in [2.05, 4.69) is 39.9 Å². The van der Waals surface area contributed by atoms with E-state index in [4.69, 9.17) is 5.73 Å². The summed E-state index contributed by atoms with van der Waals surface area (Å²) in [5.74, 6) is 0.608. The van der Waals surface area contributed by atoms with Crippen molar-refractivity contribution in [3.8, 4) is 0 Å². The lowest BCUT2D eigenvalue weighted by Crippen LogP contribution is -2.37. The first kappa shape index (κ1) is 13.0. The Morgan fingerprint density at radius 3 is 2.75 bits per heavy atom. The molecule has 1 rings (SSSR count). The second-order valence-corrected chi connectivity index (χ2v) is 4.25. The van der Waals surface area contributed by atoms with Gasteiger partial charge in [-0.15, -0.1) is 0 Å². The molecule has 1 aromatic heterocycles. The minimum atomic E-state index is 0.608. The molecule has 0 saturated carbocycles. The monoisotopic (exact) mass is 287 g/mol. The fourth-order valence-electron chi connectivity index (χ4n) is 1.38. The van der Waals surface area contributed by atoms with Crippen molar-refractivity contribution in [2.24, 2.45) is 10.7 Å². The van der Waals surface area contributed by atoms with Crippen molar-refractivity contribution in [2.45, 2.75) is 20.4 Å². The quantitative estimate of drug-likeness (QED) is 0.656. The normalized spacial score (nSPS) is 11.8. The van der Waals surface area contributed by atoms with Gasteiger partial charge in [-0.25, -0.2) is 0 Å². The maximum absolute atomic E-state index is 5.85. The lowest BCUT2D eigenvalue weighted by Gasteiger charge is -2.19. The molecular weight excluding hydrogens is 270 g/mol. The van der Waals surface area contributed by atoms with Gasteiger partial charge in [-0.3, -0.25) is 9.67 Å². The molecule has 1 aromatic rings. The Labute approximate surface area is 104 Å². The van der Waals surface area contributed by atoms with E-state index < -0.39 is 0 Å². The Kier molecular flexibility index (Phi) is 5.31. The van der Waals surface area contributed by atoms with E-state index >= 15 is 0 Å². The van der Waals surface area contributed by atoms with E-state index in [0.717, 1.165) is 24.1 Å². The Balaban J connectivity index is 2.41. The van der Waals surface area contributed by atoms with Crippen molar-refractivity contribution in [1.29, 1.82) is 0 Å². The Morgan fingerprint density at radius 1 is 1.56 bits per heavy atom. The third kappa shape index (κ3) is 3.84. The van der Waals surface area contributed by atoms with Crippen LogP contribution in [0.2, 0.25) is 0 Å². The van der Waals surface area contributed by atoms with Crippen molar-refractivity contribution in [3.63, 3.8) is 0 Å². The number of aliphatic imine (C=N–C) groups is 1. The molecule has 0 saturated heterocycles. The van der Waals surface area contributed by atoms with Crippen LogP contribution in [0.5, 0.6) is 0 Å². The van der Waals surface area contributed by atoms with Crippen molar-refractivity contribution in [2.75, 3.05) is 19.6 Å². The van der Waals surface area contributed by atoms with Gasteiger partial charge in [0.25, 0.3) is 0 Å². The molecule has 1 heterocycles. The third-order valence-electron chi connectivity index (χ3n) is 2.29. The van der Waals surface area contributed by atoms with Crippen molar-refractivity contribution in [3.05, 3.63) is 16.9 Å². The first-order chi connectivity index (χ1) is 7.67. The maximum atomic E-state index is 5.85. The molecule has 2 N–H and O–H groups in total. The van der Waals surface area contributed by atoms with Crippen LogP contribution in [0.15, 0.2) is 21.9 Å². The molecule has 0 spiro atoms. The summed E-state index contributed by atoms with van der Waals surface area (Å²) in [6.45, 7) is 7.30. The molecular formula is C10H18BrN5. The Bertz CT molecular complexity index is 343. The number of rotatable bonds is 5. The first-order valence-corrected chi connectivity index (χ1v) is 6.19. The van der Waals surface area contributed by atoms with Gasteiger partial charge < -0.3 is 10.6 Å². The molecule has 0 bridgehead atoms. The zero-order valence-electron chi connectivity index (χ0n) is 9.73. The summed E-state index contributed by atoms with van der Waals surface area (Å²) in [6.07, 6.45) is 3.68. The van der Waals surface area contributed by atoms with Crippen LogP contribution in [0, 0.1) is 0 Å². The predicted molar refractivity (Wildman–Crippen MR) is 69.3 cm³/mol. The number of nitrogens with two attached hydrogens (primary N) is 1. The first-order valence-electron chi connectivity index (χ1n) is 5.40. The molecule has 0 amide bonds. The van der Waals surface area contributed by atoms with Crippen molar-refractivity contribution >= 4 is 21.9 Å². The number of guanidine groups is 1. The summed E-state index contributed by atoms with van der Waals surface area (Å²) in [7, 11) is 0. The highest BCUT2D eigenvalue weighted by Gasteiger charge is 2.01. The van der Waals surface area contributed by atoms with Gasteiger partial charge in [0.05, 0.1) is 23.8 Å². The van der Waals surface area contributed by atoms with Gasteiger partial charge in [-0.2, -0.15) is 5.10 Å². The van der Waals surface area contributed by atoms with Crippen LogP contribution in [0.1, 0.15) is 13.8 Å². The zero-order valence-corrected chi connectivity index (χ0v) is 11.3. The fraction of sp³-hybridized carbons (Fsp3) is 0.600. The Hall–Kier alpha value is -1.04. The van der Waals surface area contributed by atoms with E-state index in [1.165, 1.54) is 0 Å². The van der Waals surface area contributed by atoms with Gasteiger partial charge in [0.1, 0.15) is 0 Å². The van der Waals surface area contributed by atoms with E-state index in [1.54, 1.807) is 6.20 Å². The minimum Gasteiger partial charge on any atom is -0.370 e. The maximum Gasteiger partial charge on any atom is 0.191 e. The number of hydrogen-bond donors (Lipinski definition) is 1. The average Bonchev–Trinajstić information content (AvgIpc) is 2.66. The van der Waals surface area contributed by atoms with E-state index in [9.17, 15) is 0 Å². The molecule has 0 aromatic carbocycles. The fourth-order valence-corrected chi connectivity index (χ4v) is 1.70. The van der Waals surface area contributed by atoms with Crippen LogP contribution in [-0.4, -0.2) is 40.3 Å². The van der Waals surface area contributed by atoms with Gasteiger partial charge in [0.2, 0.25) is 0 Å². The van der Waals surface area contributed by atoms with Gasteiger partial charge in [-0.1, -0.05) is 0 Å². The van der Waals surface area contributed by atoms with Gasteiger partial charge >= 0.3 is 0 Å². The molecule has 90 valence electrons. The van der Waals surface area contributed by atoms with Crippen molar-refractivity contribution in [1.82, 2.24) is 14.7 Å². The third-order valence-corrected chi connectivity index (χ3v) is 2.70. The molecule has 6 heteroatoms. The molecule has 0 aliphatic rings. The number of halogens is 1. The summed E-state index contributed by atoms with van der Waals surface area (Å²) in [6, 6.07) is 0. The van der Waals surface area contributed by atoms with Crippen LogP contribution in [-0.2, 0) is 6.54 Å². The molecule has 0 aliphatic carbocycles. The number of nitrogens with zero attached hydrogens (tertiary/aromatic N) is 4. The van der Waals surface area contributed by atoms with Gasteiger partial charge in [0.15, 0.2) is 5.96 Å². The van der Waals surface area contributed by atoms with Crippen LogP contribution in [0.3, 0.4) is 0 Å². The van der Waals surface area contributed by atoms with E-state index in [-0.39, 0.29) is 0 Å². The highest BCUT2D eigenvalue weighted by atomic mass is 79.9. The Morgan fingerprint density at radius 2 is 2.25 bits per heavy atom. The average molecular weight is 288 g/mol. The summed E-state index contributed by atoms with van der Waals surface area (Å²) in [5.41, 5.74) is 5.85. The van der Waals surface area contributed by atoms with Gasteiger partial charge in [-0.05, 0) is 29.8 Å². The largest absolute Gasteiger partial charge is 0.370 e. The van der Waals surface area contributed by atoms with E-state index in [1.807, 2.05) is 15.8 Å². The number of hydrogen-bond acceptors (Lipinski definition) is 2. The minimum absolute atomic E-state index is 0.608. The summed E-state index contributed by atoms with van der Waals surface area (Å²) >= 11 is 3.35. The molecule has 16 heavy (non-hydrogen) atoms. The summed E-state index contributed by atoms with van der Waals surface area (Å²) < 4.78 is 2.82. The molecule has 0 atom stereocenters. The molecule has 0 fully saturated rings. The van der Waals surface area contributed by atoms with Crippen LogP contribution >= 0.6 is 15.9 Å². The molecule has 0 unspecified atom stereocenters. The predicted octanol–water partition coefficient (Wildman–Crippen LogP) is 1.30. The van der Waals surface area contributed by atoms with Crippen LogP contribution in [0.25, 0.3) is 0 Å². The molecule has 5 nitrogen and oxygen atoms in total. The topological polar surface area (TPSA) is 59.4 Å². The highest BCUT2D eigenvalue weighted by molar-refractivity contribution is 9.10. The lowest BCUT2D eigenvalue weighted by atomic mass is 10.5. The van der Waals surface area contributed by atoms with Crippen LogP contribution < -0.4 is 5.73 Å². The standard InChI is InChI=1S/C10H18BrN5/c1-3-15(4-2)10(12)13-5-6-16-8-9(11)7-14-16/h7-8H,3-6H2,1-2H3,(H2,12,13). The summed E-state index contributed by atoms with van der Waals surface area (Å²) in [4.78, 5) is 6.34. The molecule has 0 radical (unpaired) electrons. The smallest absolute Gasteiger partial charge is 0.191 e. The van der Waals surface area contributed by atoms with Crippen LogP contribution in [0.4, 0.5) is 0 Å². The lowest BCUT2D eigenvalue weighted by molar-refractivity contribution is 0.457. The summed E-state index contributed by atoms with van der Waals surface area (Å²) in [5, 5.41) is 4.14. The van der Waals surface area contributed by atoms with Gasteiger partial charge in [0, 0.05) is 19.3 Å². The van der Waals surface area contributed by atoms with E-state index in [0.29, 0.717) is 12.5 Å². The second-order valence-electron chi connectivity index (χ2n) is 3.33. The SMILES string of the molecule is CCN(CC)C(N)=NCCn1cc(Br)cn1.